The molecule has 0 radical (unpaired) electrons. The van der Waals surface area contributed by atoms with Crippen LogP contribution < -0.4 is 4.74 Å². The molecule has 1 heterocycles. The van der Waals surface area contributed by atoms with Crippen molar-refractivity contribution >= 4 is 39.8 Å². The van der Waals surface area contributed by atoms with Crippen molar-refractivity contribution < 1.29 is 14.3 Å². The topological polar surface area (TPSA) is 46.6 Å². The Morgan fingerprint density at radius 1 is 1.07 bits per heavy atom. The number of hydrogen-bond donors (Lipinski definition) is 0. The summed E-state index contributed by atoms with van der Waals surface area (Å²) in [6.07, 6.45) is 3.50. The standard InChI is InChI=1S/C22H25NO3S/c1-5-14(3)23-21(24)20(27-22(23)25)13-18-17-10-8-7-9-16(17)11-12-19(18)26-15(4)6-2/h7-15H,5-6H2,1-4H3/b20-13+/t14-,15-/m1/s1. The van der Waals surface area contributed by atoms with Crippen molar-refractivity contribution in [3.8, 4) is 5.75 Å². The zero-order chi connectivity index (χ0) is 19.6. The molecule has 0 aromatic heterocycles. The minimum absolute atomic E-state index is 0.0634. The van der Waals surface area contributed by atoms with Crippen LogP contribution in [0.5, 0.6) is 5.75 Å². The SMILES string of the molecule is CC[C@@H](C)Oc1ccc2ccccc2c1/C=C1/SC(=O)N([C@H](C)CC)C1=O. The summed E-state index contributed by atoms with van der Waals surface area (Å²) in [6.45, 7) is 7.97. The van der Waals surface area contributed by atoms with Crippen molar-refractivity contribution in [2.24, 2.45) is 0 Å². The molecule has 1 aliphatic heterocycles. The first kappa shape index (κ1) is 19.5. The second-order valence-electron chi connectivity index (χ2n) is 6.84. The molecule has 0 bridgehead atoms. The van der Waals surface area contributed by atoms with Crippen molar-refractivity contribution in [3.63, 3.8) is 0 Å². The number of benzene rings is 2. The monoisotopic (exact) mass is 383 g/mol. The third-order valence-corrected chi connectivity index (χ3v) is 5.85. The Morgan fingerprint density at radius 2 is 1.81 bits per heavy atom. The molecule has 2 atom stereocenters. The molecule has 2 amide bonds. The van der Waals surface area contributed by atoms with Crippen molar-refractivity contribution in [1.29, 1.82) is 0 Å². The first-order chi connectivity index (χ1) is 13.0. The van der Waals surface area contributed by atoms with Gasteiger partial charge < -0.3 is 4.74 Å². The van der Waals surface area contributed by atoms with Gasteiger partial charge in [-0.25, -0.2) is 0 Å². The molecule has 1 fully saturated rings. The van der Waals surface area contributed by atoms with Crippen molar-refractivity contribution in [2.45, 2.75) is 52.7 Å². The summed E-state index contributed by atoms with van der Waals surface area (Å²) >= 11 is 1.01. The number of ether oxygens (including phenoxy) is 1. The highest BCUT2D eigenvalue weighted by Crippen LogP contribution is 2.38. The van der Waals surface area contributed by atoms with E-state index in [2.05, 4.69) is 6.92 Å². The van der Waals surface area contributed by atoms with E-state index in [4.69, 9.17) is 4.74 Å². The predicted molar refractivity (Wildman–Crippen MR) is 112 cm³/mol. The Balaban J connectivity index is 2.10. The molecule has 3 rings (SSSR count). The summed E-state index contributed by atoms with van der Waals surface area (Å²) < 4.78 is 6.11. The molecule has 5 heteroatoms. The highest BCUT2D eigenvalue weighted by atomic mass is 32.2. The van der Waals surface area contributed by atoms with Crippen LogP contribution in [0.4, 0.5) is 4.79 Å². The van der Waals surface area contributed by atoms with E-state index in [0.29, 0.717) is 4.91 Å². The summed E-state index contributed by atoms with van der Waals surface area (Å²) in [5.41, 5.74) is 0.850. The third kappa shape index (κ3) is 3.88. The molecule has 0 spiro atoms. The smallest absolute Gasteiger partial charge is 0.293 e. The number of amides is 2. The van der Waals surface area contributed by atoms with Gasteiger partial charge in [0.25, 0.3) is 11.1 Å². The third-order valence-electron chi connectivity index (χ3n) is 4.96. The lowest BCUT2D eigenvalue weighted by Crippen LogP contribution is -2.36. The fourth-order valence-electron chi connectivity index (χ4n) is 3.00. The van der Waals surface area contributed by atoms with Gasteiger partial charge in [-0.15, -0.1) is 0 Å². The molecule has 142 valence electrons. The number of rotatable bonds is 6. The first-order valence-electron chi connectivity index (χ1n) is 9.41. The lowest BCUT2D eigenvalue weighted by atomic mass is 10.0. The number of carbonyl (C=O) groups is 2. The van der Waals surface area contributed by atoms with Gasteiger partial charge in [-0.1, -0.05) is 44.2 Å². The average molecular weight is 384 g/mol. The van der Waals surface area contributed by atoms with Crippen molar-refractivity contribution in [3.05, 3.63) is 46.9 Å². The zero-order valence-corrected chi connectivity index (χ0v) is 17.0. The Bertz CT molecular complexity index is 906. The van der Waals surface area contributed by atoms with Gasteiger partial charge in [-0.3, -0.25) is 14.5 Å². The van der Waals surface area contributed by atoms with Gasteiger partial charge in [-0.05, 0) is 61.4 Å². The molecule has 0 saturated carbocycles. The van der Waals surface area contributed by atoms with E-state index in [9.17, 15) is 9.59 Å². The minimum Gasteiger partial charge on any atom is -0.490 e. The van der Waals surface area contributed by atoms with E-state index in [1.165, 1.54) is 4.90 Å². The minimum atomic E-state index is -0.221. The van der Waals surface area contributed by atoms with Gasteiger partial charge in [0.15, 0.2) is 0 Å². The highest BCUT2D eigenvalue weighted by molar-refractivity contribution is 8.18. The van der Waals surface area contributed by atoms with Crippen LogP contribution in [0, 0.1) is 0 Å². The van der Waals surface area contributed by atoms with Crippen molar-refractivity contribution in [1.82, 2.24) is 4.90 Å². The van der Waals surface area contributed by atoms with Gasteiger partial charge in [0.05, 0.1) is 11.0 Å². The second kappa shape index (κ2) is 8.17. The number of hydrogen-bond acceptors (Lipinski definition) is 4. The number of imide groups is 1. The predicted octanol–water partition coefficient (Wildman–Crippen LogP) is 5.85. The Kier molecular flexibility index (Phi) is 5.90. The lowest BCUT2D eigenvalue weighted by Gasteiger charge is -2.19. The molecular weight excluding hydrogens is 358 g/mol. The van der Waals surface area contributed by atoms with Crippen LogP contribution in [-0.4, -0.2) is 28.2 Å². The van der Waals surface area contributed by atoms with Crippen LogP contribution in [0.3, 0.4) is 0 Å². The molecule has 1 aliphatic rings. The molecule has 2 aromatic carbocycles. The highest BCUT2D eigenvalue weighted by Gasteiger charge is 2.37. The van der Waals surface area contributed by atoms with E-state index in [1.807, 2.05) is 63.2 Å². The van der Waals surface area contributed by atoms with Crippen LogP contribution in [-0.2, 0) is 4.79 Å². The van der Waals surface area contributed by atoms with Gasteiger partial charge in [0.1, 0.15) is 5.75 Å². The zero-order valence-electron chi connectivity index (χ0n) is 16.2. The molecule has 4 nitrogen and oxygen atoms in total. The molecular formula is C22H25NO3S. The lowest BCUT2D eigenvalue weighted by molar-refractivity contribution is -0.124. The summed E-state index contributed by atoms with van der Waals surface area (Å²) in [5, 5.41) is 1.88. The van der Waals surface area contributed by atoms with E-state index in [0.717, 1.165) is 46.7 Å². The molecule has 0 N–H and O–H groups in total. The van der Waals surface area contributed by atoms with Gasteiger partial charge in [0, 0.05) is 11.6 Å². The summed E-state index contributed by atoms with van der Waals surface area (Å²) in [6, 6.07) is 11.9. The maximum atomic E-state index is 12.8. The molecule has 2 aromatic rings. The van der Waals surface area contributed by atoms with Crippen LogP contribution in [0.2, 0.25) is 0 Å². The Morgan fingerprint density at radius 3 is 2.52 bits per heavy atom. The maximum Gasteiger partial charge on any atom is 0.293 e. The van der Waals surface area contributed by atoms with E-state index < -0.39 is 0 Å². The Labute approximate surface area is 164 Å². The second-order valence-corrected chi connectivity index (χ2v) is 7.84. The fourth-order valence-corrected chi connectivity index (χ4v) is 3.91. The summed E-state index contributed by atoms with van der Waals surface area (Å²) in [5.74, 6) is 0.514. The maximum absolute atomic E-state index is 12.8. The van der Waals surface area contributed by atoms with Gasteiger partial charge >= 0.3 is 0 Å². The molecule has 1 saturated heterocycles. The summed E-state index contributed by atoms with van der Waals surface area (Å²) in [7, 11) is 0. The van der Waals surface area contributed by atoms with Crippen LogP contribution in [0.25, 0.3) is 16.8 Å². The quantitative estimate of drug-likeness (QED) is 0.587. The van der Waals surface area contributed by atoms with E-state index in [1.54, 1.807) is 0 Å². The number of carbonyl (C=O) groups excluding carboxylic acids is 2. The van der Waals surface area contributed by atoms with Gasteiger partial charge in [-0.2, -0.15) is 0 Å². The van der Waals surface area contributed by atoms with Crippen LogP contribution >= 0.6 is 11.8 Å². The Hall–Kier alpha value is -2.27. The van der Waals surface area contributed by atoms with E-state index >= 15 is 0 Å². The van der Waals surface area contributed by atoms with Crippen LogP contribution in [0.1, 0.15) is 46.1 Å². The average Bonchev–Trinajstić information content (AvgIpc) is 2.96. The number of fused-ring (bicyclic) bond motifs is 1. The largest absolute Gasteiger partial charge is 0.490 e. The molecule has 0 unspecified atom stereocenters. The normalized spacial score (nSPS) is 18.4. The fraction of sp³-hybridized carbons (Fsp3) is 0.364. The first-order valence-corrected chi connectivity index (χ1v) is 10.2. The van der Waals surface area contributed by atoms with E-state index in [-0.39, 0.29) is 23.3 Å². The number of nitrogens with zero attached hydrogens (tertiary/aromatic N) is 1. The molecule has 27 heavy (non-hydrogen) atoms. The summed E-state index contributed by atoms with van der Waals surface area (Å²) in [4.78, 5) is 27.0. The van der Waals surface area contributed by atoms with Gasteiger partial charge in [0.2, 0.25) is 0 Å². The molecule has 0 aliphatic carbocycles. The van der Waals surface area contributed by atoms with Crippen LogP contribution in [0.15, 0.2) is 41.3 Å². The van der Waals surface area contributed by atoms with Crippen molar-refractivity contribution in [2.75, 3.05) is 0 Å². The number of thioether (sulfide) groups is 1.